The van der Waals surface area contributed by atoms with E-state index in [1.807, 2.05) is 46.8 Å². The van der Waals surface area contributed by atoms with Crippen LogP contribution in [-0.4, -0.2) is 35.8 Å². The first kappa shape index (κ1) is 19.0. The highest BCUT2D eigenvalue weighted by Crippen LogP contribution is 2.38. The molecule has 1 aromatic rings. The molecule has 0 unspecified atom stereocenters. The van der Waals surface area contributed by atoms with Crippen molar-refractivity contribution in [1.29, 1.82) is 0 Å². The Morgan fingerprint density at radius 3 is 2.42 bits per heavy atom. The smallest absolute Gasteiger partial charge is 0.400 e. The highest BCUT2D eigenvalue weighted by atomic mass is 35.5. The van der Waals surface area contributed by atoms with E-state index in [4.69, 9.17) is 20.9 Å². The molecule has 1 saturated heterocycles. The SMILES string of the molecule is CC(=O)NCC(=Cc1ncc(Cl)cc1C)B1OC(C)(C)C(C)(C)O1. The van der Waals surface area contributed by atoms with Crippen LogP contribution in [-0.2, 0) is 14.1 Å². The van der Waals surface area contributed by atoms with Crippen molar-refractivity contribution in [1.82, 2.24) is 10.3 Å². The molecule has 2 heterocycles. The number of hydrogen-bond acceptors (Lipinski definition) is 4. The second-order valence-corrected chi connectivity index (χ2v) is 7.51. The molecular formula is C17H24BClN2O3. The van der Waals surface area contributed by atoms with Gasteiger partial charge in [-0.05, 0) is 57.8 Å². The van der Waals surface area contributed by atoms with Gasteiger partial charge in [0.1, 0.15) is 0 Å². The van der Waals surface area contributed by atoms with E-state index >= 15 is 0 Å². The number of pyridine rings is 1. The van der Waals surface area contributed by atoms with Gasteiger partial charge in [-0.3, -0.25) is 9.78 Å². The Morgan fingerprint density at radius 1 is 1.33 bits per heavy atom. The number of aromatic nitrogens is 1. The third kappa shape index (κ3) is 4.18. The Bertz CT molecular complexity index is 658. The molecule has 0 atom stereocenters. The number of aryl methyl sites for hydroxylation is 1. The minimum absolute atomic E-state index is 0.113. The first-order chi connectivity index (χ1) is 11.0. The Morgan fingerprint density at radius 2 is 1.92 bits per heavy atom. The molecule has 1 aliphatic rings. The van der Waals surface area contributed by atoms with Gasteiger partial charge in [0.2, 0.25) is 5.91 Å². The van der Waals surface area contributed by atoms with Crippen molar-refractivity contribution in [2.24, 2.45) is 0 Å². The van der Waals surface area contributed by atoms with Crippen molar-refractivity contribution >= 4 is 30.7 Å². The average Bonchev–Trinajstić information content (AvgIpc) is 2.65. The summed E-state index contributed by atoms with van der Waals surface area (Å²) in [6.07, 6.45) is 3.49. The largest absolute Gasteiger partial charge is 0.492 e. The van der Waals surface area contributed by atoms with Crippen molar-refractivity contribution in [3.05, 3.63) is 34.0 Å². The van der Waals surface area contributed by atoms with Crippen molar-refractivity contribution in [2.45, 2.75) is 52.7 Å². The maximum absolute atomic E-state index is 11.3. The van der Waals surface area contributed by atoms with Crippen LogP contribution in [0.3, 0.4) is 0 Å². The van der Waals surface area contributed by atoms with E-state index in [-0.39, 0.29) is 5.91 Å². The number of carbonyl (C=O) groups is 1. The van der Waals surface area contributed by atoms with Crippen LogP contribution in [0.5, 0.6) is 0 Å². The molecule has 0 aliphatic carbocycles. The summed E-state index contributed by atoms with van der Waals surface area (Å²) in [7, 11) is -0.543. The number of nitrogens with zero attached hydrogens (tertiary/aromatic N) is 1. The Balaban J connectivity index is 2.35. The molecule has 0 aromatic carbocycles. The van der Waals surface area contributed by atoms with Gasteiger partial charge in [-0.1, -0.05) is 11.6 Å². The highest BCUT2D eigenvalue weighted by molar-refractivity contribution is 6.56. The van der Waals surface area contributed by atoms with Crippen LogP contribution in [0.15, 0.2) is 17.7 Å². The zero-order valence-corrected chi connectivity index (χ0v) is 15.8. The van der Waals surface area contributed by atoms with Crippen LogP contribution in [0.4, 0.5) is 0 Å². The third-order valence-corrected chi connectivity index (χ3v) is 4.71. The van der Waals surface area contributed by atoms with Gasteiger partial charge in [-0.2, -0.15) is 0 Å². The van der Waals surface area contributed by atoms with Crippen LogP contribution >= 0.6 is 11.6 Å². The molecule has 7 heteroatoms. The minimum atomic E-state index is -0.543. The predicted octanol–water partition coefficient (Wildman–Crippen LogP) is 3.19. The summed E-state index contributed by atoms with van der Waals surface area (Å²) in [5, 5.41) is 3.39. The lowest BCUT2D eigenvalue weighted by Gasteiger charge is -2.32. The van der Waals surface area contributed by atoms with E-state index in [1.54, 1.807) is 6.20 Å². The van der Waals surface area contributed by atoms with Gasteiger partial charge in [0, 0.05) is 19.7 Å². The summed E-state index contributed by atoms with van der Waals surface area (Å²) in [6, 6.07) is 1.85. The van der Waals surface area contributed by atoms with Crippen molar-refractivity contribution in [3.8, 4) is 0 Å². The molecule has 130 valence electrons. The lowest BCUT2D eigenvalue weighted by Crippen LogP contribution is -2.41. The van der Waals surface area contributed by atoms with Gasteiger partial charge < -0.3 is 14.6 Å². The fourth-order valence-electron chi connectivity index (χ4n) is 2.30. The Kier molecular flexibility index (Phi) is 5.42. The Labute approximate surface area is 148 Å². The zero-order chi connectivity index (χ0) is 18.1. The molecule has 5 nitrogen and oxygen atoms in total. The van der Waals surface area contributed by atoms with Gasteiger partial charge in [0.05, 0.1) is 21.9 Å². The summed E-state index contributed by atoms with van der Waals surface area (Å²) in [6.45, 7) is 11.7. The lowest BCUT2D eigenvalue weighted by molar-refractivity contribution is -0.118. The van der Waals surface area contributed by atoms with Gasteiger partial charge in [-0.25, -0.2) is 0 Å². The van der Waals surface area contributed by atoms with Crippen LogP contribution < -0.4 is 5.32 Å². The molecule has 1 aliphatic heterocycles. The molecular weight excluding hydrogens is 326 g/mol. The number of hydrogen-bond donors (Lipinski definition) is 1. The molecule has 0 radical (unpaired) electrons. The zero-order valence-electron chi connectivity index (χ0n) is 15.1. The van der Waals surface area contributed by atoms with Crippen LogP contribution in [0.1, 0.15) is 45.9 Å². The van der Waals surface area contributed by atoms with E-state index < -0.39 is 18.3 Å². The van der Waals surface area contributed by atoms with Crippen LogP contribution in [0.2, 0.25) is 5.02 Å². The number of halogens is 1. The van der Waals surface area contributed by atoms with Crippen LogP contribution in [0, 0.1) is 6.92 Å². The van der Waals surface area contributed by atoms with Crippen LogP contribution in [0.25, 0.3) is 6.08 Å². The summed E-state index contributed by atoms with van der Waals surface area (Å²) in [5.74, 6) is -0.113. The van der Waals surface area contributed by atoms with Crippen molar-refractivity contribution < 1.29 is 14.1 Å². The third-order valence-electron chi connectivity index (χ3n) is 4.50. The average molecular weight is 351 g/mol. The molecule has 0 saturated carbocycles. The second kappa shape index (κ2) is 6.86. The summed E-state index contributed by atoms with van der Waals surface area (Å²) >= 11 is 5.97. The van der Waals surface area contributed by atoms with Crippen molar-refractivity contribution in [2.75, 3.05) is 6.54 Å². The quantitative estimate of drug-likeness (QED) is 0.847. The normalized spacial score (nSPS) is 19.5. The standard InChI is InChI=1S/C17H24BClN2O3/c1-11-7-14(19)10-21-15(11)8-13(9-20-12(2)22)18-23-16(3,4)17(5,6)24-18/h7-8,10H,9H2,1-6H3,(H,20,22). The molecule has 1 aromatic heterocycles. The summed E-state index contributed by atoms with van der Waals surface area (Å²) < 4.78 is 12.2. The van der Waals surface area contributed by atoms with Gasteiger partial charge in [0.15, 0.2) is 0 Å². The molecule has 24 heavy (non-hydrogen) atoms. The number of carbonyl (C=O) groups excluding carboxylic acids is 1. The Hall–Kier alpha value is -1.37. The van der Waals surface area contributed by atoms with E-state index in [0.717, 1.165) is 16.7 Å². The number of rotatable bonds is 4. The molecule has 0 bridgehead atoms. The van der Waals surface area contributed by atoms with E-state index in [1.165, 1.54) is 6.92 Å². The van der Waals surface area contributed by atoms with Gasteiger partial charge >= 0.3 is 7.12 Å². The predicted molar refractivity (Wildman–Crippen MR) is 96.7 cm³/mol. The molecule has 1 amide bonds. The monoisotopic (exact) mass is 350 g/mol. The number of nitrogens with one attached hydrogen (secondary N) is 1. The molecule has 2 rings (SSSR count). The molecule has 1 fully saturated rings. The van der Waals surface area contributed by atoms with Gasteiger partial charge in [0.25, 0.3) is 0 Å². The number of amides is 1. The molecule has 1 N–H and O–H groups in total. The minimum Gasteiger partial charge on any atom is -0.400 e. The maximum atomic E-state index is 11.3. The van der Waals surface area contributed by atoms with E-state index in [9.17, 15) is 4.79 Å². The van der Waals surface area contributed by atoms with Gasteiger partial charge in [-0.15, -0.1) is 0 Å². The topological polar surface area (TPSA) is 60.5 Å². The fraction of sp³-hybridized carbons (Fsp3) is 0.529. The first-order valence-electron chi connectivity index (χ1n) is 7.94. The molecule has 0 spiro atoms. The second-order valence-electron chi connectivity index (χ2n) is 7.07. The van der Waals surface area contributed by atoms with E-state index in [0.29, 0.717) is 11.6 Å². The fourth-order valence-corrected chi connectivity index (χ4v) is 2.51. The van der Waals surface area contributed by atoms with E-state index in [2.05, 4.69) is 10.3 Å². The maximum Gasteiger partial charge on any atom is 0.492 e. The summed E-state index contributed by atoms with van der Waals surface area (Å²) in [4.78, 5) is 15.7. The lowest BCUT2D eigenvalue weighted by atomic mass is 9.77. The van der Waals surface area contributed by atoms with Crippen molar-refractivity contribution in [3.63, 3.8) is 0 Å². The summed E-state index contributed by atoms with van der Waals surface area (Å²) in [5.41, 5.74) is 1.63. The first-order valence-corrected chi connectivity index (χ1v) is 8.32. The highest BCUT2D eigenvalue weighted by Gasteiger charge is 2.52.